The van der Waals surface area contributed by atoms with E-state index in [9.17, 15) is 23.6 Å². The van der Waals surface area contributed by atoms with Crippen LogP contribution in [0.4, 0.5) is 9.18 Å². The van der Waals surface area contributed by atoms with Gasteiger partial charge >= 0.3 is 6.09 Å². The summed E-state index contributed by atoms with van der Waals surface area (Å²) >= 11 is 6.33. The molecule has 3 aromatic rings. The number of pyridine rings is 2. The van der Waals surface area contributed by atoms with E-state index in [0.29, 0.717) is 29.9 Å². The van der Waals surface area contributed by atoms with Crippen molar-refractivity contribution in [2.24, 2.45) is 0 Å². The van der Waals surface area contributed by atoms with Gasteiger partial charge in [-0.25, -0.2) is 14.2 Å². The minimum Gasteiger partial charge on any atom is -0.438 e. The first-order chi connectivity index (χ1) is 19.4. The number of aryl methyl sites for hydroxylation is 1. The van der Waals surface area contributed by atoms with Crippen LogP contribution in [0.15, 0.2) is 35.3 Å². The van der Waals surface area contributed by atoms with E-state index in [-0.39, 0.29) is 41.5 Å². The predicted octanol–water partition coefficient (Wildman–Crippen LogP) is 3.52. The Labute approximate surface area is 242 Å². The second-order valence-electron chi connectivity index (χ2n) is 9.90. The summed E-state index contributed by atoms with van der Waals surface area (Å²) in [4.78, 5) is 64.7. The quantitative estimate of drug-likeness (QED) is 0.253. The first-order valence-electron chi connectivity index (χ1n) is 13.1. The number of ketones is 1. The van der Waals surface area contributed by atoms with Gasteiger partial charge in [-0.1, -0.05) is 37.1 Å². The van der Waals surface area contributed by atoms with Crippen molar-refractivity contribution in [1.82, 2.24) is 29.3 Å². The van der Waals surface area contributed by atoms with Crippen LogP contribution < -0.4 is 5.56 Å². The summed E-state index contributed by atoms with van der Waals surface area (Å²) in [5.74, 6) is -0.988. The number of rotatable bonds is 12. The Bertz CT molecular complexity index is 1510. The molecule has 13 heteroatoms. The summed E-state index contributed by atoms with van der Waals surface area (Å²) in [6.45, 7) is 1.89. The van der Waals surface area contributed by atoms with Crippen LogP contribution in [0.25, 0.3) is 11.0 Å². The maximum atomic E-state index is 14.4. The average molecular weight is 589 g/mol. The van der Waals surface area contributed by atoms with Crippen molar-refractivity contribution in [1.29, 1.82) is 0 Å². The van der Waals surface area contributed by atoms with Crippen molar-refractivity contribution in [3.05, 3.63) is 68.9 Å². The van der Waals surface area contributed by atoms with Gasteiger partial charge in [-0.3, -0.25) is 23.9 Å². The Morgan fingerprint density at radius 2 is 1.93 bits per heavy atom. The number of aromatic amines is 1. The minimum atomic E-state index is -1.14. The molecule has 11 nitrogen and oxygen atoms in total. The molecule has 0 aliphatic heterocycles. The maximum Gasteiger partial charge on any atom is 0.409 e. The lowest BCUT2D eigenvalue weighted by Crippen LogP contribution is -2.35. The van der Waals surface area contributed by atoms with Crippen LogP contribution in [0.3, 0.4) is 0 Å². The van der Waals surface area contributed by atoms with Crippen LogP contribution in [0.1, 0.15) is 43.3 Å². The molecule has 0 aromatic carbocycles. The van der Waals surface area contributed by atoms with Gasteiger partial charge in [-0.05, 0) is 31.4 Å². The van der Waals surface area contributed by atoms with Crippen LogP contribution in [-0.4, -0.2) is 81.4 Å². The molecular weight excluding hydrogens is 555 g/mol. The number of aromatic nitrogens is 4. The molecule has 0 spiro atoms. The number of H-pyrrole nitrogens is 1. The number of ether oxygens (including phenoxy) is 1. The predicted molar refractivity (Wildman–Crippen MR) is 152 cm³/mol. The number of fused-ring (bicyclic) bond motifs is 1. The number of hydrogen-bond donors (Lipinski definition) is 1. The molecule has 3 rings (SSSR count). The Kier molecular flexibility index (Phi) is 10.8. The monoisotopic (exact) mass is 588 g/mol. The van der Waals surface area contributed by atoms with E-state index in [2.05, 4.69) is 15.0 Å². The van der Waals surface area contributed by atoms with Crippen LogP contribution in [0.2, 0.25) is 5.15 Å². The number of Topliss-reactive ketones (excluding diaryl/α,β-unsaturated/α-hetero) is 1. The number of imidazole rings is 1. The van der Waals surface area contributed by atoms with Gasteiger partial charge in [0.1, 0.15) is 16.5 Å². The molecule has 0 aliphatic carbocycles. The molecule has 0 bridgehead atoms. The minimum absolute atomic E-state index is 0.0941. The van der Waals surface area contributed by atoms with E-state index in [0.717, 1.165) is 12.6 Å². The number of halogens is 2. The number of hydrogen-bond acceptors (Lipinski definition) is 7. The fourth-order valence-electron chi connectivity index (χ4n) is 3.99. The summed E-state index contributed by atoms with van der Waals surface area (Å²) in [7, 11) is 6.21. The number of amides is 2. The third-order valence-electron chi connectivity index (χ3n) is 6.22. The van der Waals surface area contributed by atoms with Crippen molar-refractivity contribution in [2.75, 3.05) is 28.2 Å². The number of allylic oxidation sites excluding steroid dienone is 1. The van der Waals surface area contributed by atoms with Gasteiger partial charge in [0.05, 0.1) is 24.0 Å². The highest BCUT2D eigenvalue weighted by molar-refractivity contribution is 6.29. The highest BCUT2D eigenvalue weighted by atomic mass is 35.5. The van der Waals surface area contributed by atoms with E-state index in [1.54, 1.807) is 20.2 Å². The summed E-state index contributed by atoms with van der Waals surface area (Å²) in [6, 6.07) is 2.93. The summed E-state index contributed by atoms with van der Waals surface area (Å²) < 4.78 is 21.0. The van der Waals surface area contributed by atoms with Gasteiger partial charge in [-0.2, -0.15) is 0 Å². The van der Waals surface area contributed by atoms with Crippen LogP contribution >= 0.6 is 11.6 Å². The van der Waals surface area contributed by atoms with Gasteiger partial charge in [0.25, 0.3) is 5.56 Å². The van der Waals surface area contributed by atoms with Gasteiger partial charge in [0.15, 0.2) is 17.7 Å². The Balaban J connectivity index is 1.84. The summed E-state index contributed by atoms with van der Waals surface area (Å²) in [5, 5.41) is 0.102. The molecule has 41 heavy (non-hydrogen) atoms. The molecule has 0 aliphatic rings. The number of carbonyl (C=O) groups is 3. The van der Waals surface area contributed by atoms with E-state index in [4.69, 9.17) is 16.3 Å². The van der Waals surface area contributed by atoms with Crippen LogP contribution in [0.5, 0.6) is 0 Å². The first-order valence-corrected chi connectivity index (χ1v) is 13.5. The third-order valence-corrected chi connectivity index (χ3v) is 6.55. The lowest BCUT2D eigenvalue weighted by Gasteiger charge is -2.19. The molecule has 0 unspecified atom stereocenters. The Morgan fingerprint density at radius 1 is 1.20 bits per heavy atom. The van der Waals surface area contributed by atoms with E-state index >= 15 is 0 Å². The SMILES string of the molecule is CCCc1ncc(F)c2nc(Cn3c(Cl)ccc(CC(=O)[C@H](CC/C=C/C(=O)N(C)C)OC(=O)N(C)C)c3=O)[nH]c12. The zero-order valence-corrected chi connectivity index (χ0v) is 24.5. The van der Waals surface area contributed by atoms with Crippen molar-refractivity contribution in [2.45, 2.75) is 51.7 Å². The molecule has 3 heterocycles. The molecule has 0 radical (unpaired) electrons. The van der Waals surface area contributed by atoms with Gasteiger partial charge < -0.3 is 19.5 Å². The Morgan fingerprint density at radius 3 is 2.59 bits per heavy atom. The highest BCUT2D eigenvalue weighted by Gasteiger charge is 2.25. The number of carbonyl (C=O) groups excluding carboxylic acids is 3. The second kappa shape index (κ2) is 14.0. The normalized spacial score (nSPS) is 12.1. The maximum absolute atomic E-state index is 14.4. The fourth-order valence-corrected chi connectivity index (χ4v) is 4.19. The Hall–Kier alpha value is -4.06. The molecule has 1 atom stereocenters. The lowest BCUT2D eigenvalue weighted by molar-refractivity contribution is -0.127. The van der Waals surface area contributed by atoms with Crippen LogP contribution in [0, 0.1) is 5.82 Å². The van der Waals surface area contributed by atoms with Crippen molar-refractivity contribution in [3.63, 3.8) is 0 Å². The molecule has 0 saturated heterocycles. The molecule has 1 N–H and O–H groups in total. The largest absolute Gasteiger partial charge is 0.438 e. The lowest BCUT2D eigenvalue weighted by atomic mass is 10.0. The average Bonchev–Trinajstić information content (AvgIpc) is 3.36. The fraction of sp³-hybridized carbons (Fsp3) is 0.429. The van der Waals surface area contributed by atoms with E-state index in [1.807, 2.05) is 6.92 Å². The van der Waals surface area contributed by atoms with Crippen molar-refractivity contribution in [3.8, 4) is 0 Å². The standard InChI is InChI=1S/C28H34ClFN6O5/c1-6-9-19-26-25(18(30)15-31-19)32-23(33-26)16-36-22(29)13-12-17(27(36)39)14-20(37)21(41-28(40)35(4)5)10-7-8-11-24(38)34(2)3/h8,11-13,15,21H,6-7,9-10,14,16H2,1-5H3,(H,32,33)/b11-8+/t21-/m0/s1. The molecule has 2 amide bonds. The summed E-state index contributed by atoms with van der Waals surface area (Å²) in [6.07, 6.45) is 3.76. The first kappa shape index (κ1) is 31.5. The van der Waals surface area contributed by atoms with Gasteiger partial charge in [0, 0.05) is 40.2 Å². The number of nitrogens with one attached hydrogen (secondary N) is 1. The summed E-state index contributed by atoms with van der Waals surface area (Å²) in [5.41, 5.74) is 0.858. The molecular formula is C28H34ClFN6O5. The second-order valence-corrected chi connectivity index (χ2v) is 10.3. The zero-order valence-electron chi connectivity index (χ0n) is 23.7. The van der Waals surface area contributed by atoms with E-state index < -0.39 is 29.4 Å². The number of nitrogens with zero attached hydrogens (tertiary/aromatic N) is 5. The third kappa shape index (κ3) is 8.00. The van der Waals surface area contributed by atoms with Gasteiger partial charge in [-0.15, -0.1) is 0 Å². The van der Waals surface area contributed by atoms with Crippen molar-refractivity contribution >= 4 is 40.4 Å². The smallest absolute Gasteiger partial charge is 0.409 e. The highest BCUT2D eigenvalue weighted by Crippen LogP contribution is 2.20. The van der Waals surface area contributed by atoms with Crippen LogP contribution in [-0.2, 0) is 33.7 Å². The molecule has 0 fully saturated rings. The molecule has 220 valence electrons. The zero-order chi connectivity index (χ0) is 30.3. The number of likely N-dealkylation sites (N-methyl/N-ethyl adjacent to an activating group) is 1. The topological polar surface area (TPSA) is 130 Å². The molecule has 3 aromatic heterocycles. The van der Waals surface area contributed by atoms with Crippen molar-refractivity contribution < 1.29 is 23.5 Å². The molecule has 0 saturated carbocycles. The van der Waals surface area contributed by atoms with Gasteiger partial charge in [0.2, 0.25) is 5.91 Å². The van der Waals surface area contributed by atoms with E-state index in [1.165, 1.54) is 46.7 Å².